The molecular weight excluding hydrogens is 769 g/mol. The highest BCUT2D eigenvalue weighted by molar-refractivity contribution is 6.07. The zero-order valence-corrected chi connectivity index (χ0v) is 38.1. The van der Waals surface area contributed by atoms with Crippen LogP contribution in [0, 0.1) is 81.3 Å². The van der Waals surface area contributed by atoms with E-state index in [1.807, 2.05) is 6.08 Å². The standard InChI is InChI=1S/C28H38O3.C28H38O2.H2O/c1-26-7-6-22-20(21(26)4-5-25(26)30)3-2-19-11-24(29)23(15-28(19,22)31)27-12-16-8-17(13-27)10-18(9-16)14-27;1-27-7-6-20-21(23(27)4-5-26(27)30)3-2-19-11-25(29)24(12-22(19)20)28-13-16-8-17(14-28)10-18(9-16)15-28;/h11,15-18,20-22,25,30-31H,2-10,12-14H2,1H3;11-12,16-18,20-21,23,26,29-30H,2-10,13-15H2,1H3;1H2/p+1/t16?,17?,18?,20?,21?,22?,25-,26-,27?,28+;16?,17?,18?,20?,21?,23?,26-,27-,28?;/m00./s1. The summed E-state index contributed by atoms with van der Waals surface area (Å²) in [7, 11) is 0. The molecule has 16 rings (SSSR count). The second kappa shape index (κ2) is 14.0. The monoisotopic (exact) mass is 848 g/mol. The molecule has 338 valence electrons. The Bertz CT molecular complexity index is 2010. The number of phenolic OH excluding ortho intramolecular Hbond substituents is 1. The van der Waals surface area contributed by atoms with Gasteiger partial charge in [0.2, 0.25) is 0 Å². The Morgan fingerprint density at radius 2 is 1.11 bits per heavy atom. The largest absolute Gasteiger partial charge is 0.508 e. The summed E-state index contributed by atoms with van der Waals surface area (Å²) in [6.07, 6.45) is 32.6. The number of carbonyl (C=O) groups is 1. The number of aromatic hydroxyl groups is 1. The first-order chi connectivity index (χ1) is 29.3. The minimum Gasteiger partial charge on any atom is -0.508 e. The van der Waals surface area contributed by atoms with Crippen LogP contribution in [0.4, 0.5) is 0 Å². The van der Waals surface area contributed by atoms with Gasteiger partial charge in [-0.2, -0.15) is 0 Å². The first-order valence-electron chi connectivity index (χ1n) is 26.2. The van der Waals surface area contributed by atoms with Crippen LogP contribution in [0.15, 0.2) is 35.4 Å². The average Bonchev–Trinajstić information content (AvgIpc) is 3.70. The van der Waals surface area contributed by atoms with Crippen LogP contribution >= 0.6 is 0 Å². The maximum Gasteiger partial charge on any atom is 0.182 e. The van der Waals surface area contributed by atoms with Crippen LogP contribution in [0.2, 0.25) is 0 Å². The van der Waals surface area contributed by atoms with Gasteiger partial charge in [0.05, 0.1) is 12.2 Å². The smallest absolute Gasteiger partial charge is 0.182 e. The van der Waals surface area contributed by atoms with E-state index in [1.165, 1.54) is 114 Å². The fourth-order valence-corrected chi connectivity index (χ4v) is 21.2. The Morgan fingerprint density at radius 3 is 1.69 bits per heavy atom. The Kier molecular flexibility index (Phi) is 9.37. The zero-order chi connectivity index (χ0) is 41.4. The van der Waals surface area contributed by atoms with Crippen molar-refractivity contribution in [3.8, 4) is 5.75 Å². The predicted octanol–water partition coefficient (Wildman–Crippen LogP) is 10.1. The number of aryl methyl sites for hydroxylation is 1. The van der Waals surface area contributed by atoms with E-state index in [0.717, 1.165) is 104 Å². The minimum atomic E-state index is -0.926. The Balaban J connectivity index is 0.000000130. The number of ketones is 1. The van der Waals surface area contributed by atoms with Crippen LogP contribution in [0.25, 0.3) is 0 Å². The van der Waals surface area contributed by atoms with Gasteiger partial charge in [0, 0.05) is 11.1 Å². The van der Waals surface area contributed by atoms with E-state index in [0.29, 0.717) is 29.4 Å². The van der Waals surface area contributed by atoms with E-state index in [2.05, 4.69) is 32.1 Å². The van der Waals surface area contributed by atoms with Crippen LogP contribution in [0.3, 0.4) is 0 Å². The number of allylic oxidation sites excluding steroid dienone is 2. The molecule has 15 aliphatic rings. The van der Waals surface area contributed by atoms with Crippen LogP contribution in [0.5, 0.6) is 5.75 Å². The van der Waals surface area contributed by atoms with Gasteiger partial charge in [0.1, 0.15) is 11.4 Å². The molecule has 13 saturated carbocycles. The summed E-state index contributed by atoms with van der Waals surface area (Å²) in [6, 6.07) is 4.72. The number of phenols is 1. The molecule has 62 heavy (non-hydrogen) atoms. The lowest BCUT2D eigenvalue weighted by Gasteiger charge is -2.59. The molecule has 0 heterocycles. The summed E-state index contributed by atoms with van der Waals surface area (Å²) >= 11 is 0. The highest BCUT2D eigenvalue weighted by Crippen LogP contribution is 2.68. The second-order valence-electron chi connectivity index (χ2n) is 26.0. The lowest BCUT2D eigenvalue weighted by molar-refractivity contribution is -0.118. The van der Waals surface area contributed by atoms with Gasteiger partial charge in [0.15, 0.2) is 5.78 Å². The number of aliphatic hydroxyl groups excluding tert-OH is 2. The van der Waals surface area contributed by atoms with Crippen molar-refractivity contribution in [1.29, 1.82) is 0 Å². The molecule has 15 aliphatic carbocycles. The van der Waals surface area contributed by atoms with Crippen molar-refractivity contribution in [2.24, 2.45) is 81.3 Å². The Morgan fingerprint density at radius 1 is 0.597 bits per heavy atom. The molecule has 13 fully saturated rings. The van der Waals surface area contributed by atoms with E-state index in [4.69, 9.17) is 0 Å². The molecule has 0 aromatic heterocycles. The molecule has 0 amide bonds. The lowest BCUT2D eigenvalue weighted by Crippen LogP contribution is -2.56. The molecule has 0 saturated heterocycles. The summed E-state index contributed by atoms with van der Waals surface area (Å²) in [4.78, 5) is 13.5. The first kappa shape index (κ1) is 41.4. The number of hydrogen-bond acceptors (Lipinski definition) is 5. The highest BCUT2D eigenvalue weighted by atomic mass is 16.3. The fourth-order valence-electron chi connectivity index (χ4n) is 21.2. The molecule has 6 unspecified atom stereocenters. The van der Waals surface area contributed by atoms with Crippen LogP contribution in [0.1, 0.15) is 184 Å². The van der Waals surface area contributed by atoms with E-state index in [9.17, 15) is 25.2 Å². The van der Waals surface area contributed by atoms with Crippen LogP contribution in [-0.4, -0.2) is 44.0 Å². The second-order valence-corrected chi connectivity index (χ2v) is 26.0. The molecule has 6 nitrogen and oxygen atoms in total. The van der Waals surface area contributed by atoms with Gasteiger partial charge in [-0.15, -0.1) is 0 Å². The molecular formula is C56H79O6+. The zero-order valence-electron chi connectivity index (χ0n) is 38.1. The molecule has 1 aromatic rings. The average molecular weight is 848 g/mol. The summed E-state index contributed by atoms with van der Waals surface area (Å²) < 4.78 is 0. The van der Waals surface area contributed by atoms with Crippen LogP contribution in [-0.2, 0) is 22.1 Å². The van der Waals surface area contributed by atoms with Gasteiger partial charge < -0.3 is 25.9 Å². The highest BCUT2D eigenvalue weighted by Gasteiger charge is 2.62. The van der Waals surface area contributed by atoms with Crippen molar-refractivity contribution in [3.05, 3.63) is 52.1 Å². The predicted molar refractivity (Wildman–Crippen MR) is 242 cm³/mol. The summed E-state index contributed by atoms with van der Waals surface area (Å²) in [5.74, 6) is 9.26. The van der Waals surface area contributed by atoms with Gasteiger partial charge in [-0.05, 0) is 282 Å². The fraction of sp³-hybridized carbons (Fsp3) is 0.804. The van der Waals surface area contributed by atoms with Crippen LogP contribution < -0.4 is 0 Å². The topological polar surface area (TPSA) is 131 Å². The quantitative estimate of drug-likeness (QED) is 0.220. The number of aliphatic hydroxyl groups is 3. The van der Waals surface area contributed by atoms with Gasteiger partial charge >= 0.3 is 0 Å². The number of rotatable bonds is 2. The van der Waals surface area contributed by atoms with Crippen molar-refractivity contribution < 1.29 is 30.7 Å². The normalized spacial score (nSPS) is 53.1. The van der Waals surface area contributed by atoms with Gasteiger partial charge in [-0.1, -0.05) is 19.9 Å². The van der Waals surface area contributed by atoms with Crippen molar-refractivity contribution in [3.63, 3.8) is 0 Å². The van der Waals surface area contributed by atoms with Gasteiger partial charge in [-0.3, -0.25) is 4.79 Å². The maximum absolute atomic E-state index is 13.5. The third-order valence-corrected chi connectivity index (χ3v) is 23.2. The minimum absolute atomic E-state index is 0. The first-order valence-corrected chi connectivity index (χ1v) is 26.2. The Labute approximate surface area is 371 Å². The third-order valence-electron chi connectivity index (χ3n) is 23.2. The van der Waals surface area contributed by atoms with Gasteiger partial charge in [-0.25, -0.2) is 0 Å². The van der Waals surface area contributed by atoms with Crippen molar-refractivity contribution >= 4 is 5.78 Å². The van der Waals surface area contributed by atoms with E-state index in [-0.39, 0.29) is 51.0 Å². The molecule has 8 bridgehead atoms. The van der Waals surface area contributed by atoms with E-state index < -0.39 is 5.60 Å². The number of benzene rings is 1. The summed E-state index contributed by atoms with van der Waals surface area (Å²) in [5, 5.41) is 44.9. The third kappa shape index (κ3) is 5.75. The number of carbonyl (C=O) groups excluding carboxylic acids is 1. The molecule has 6 heteroatoms. The molecule has 0 radical (unpaired) electrons. The van der Waals surface area contributed by atoms with Crippen molar-refractivity contribution in [2.75, 3.05) is 0 Å². The molecule has 11 atom stereocenters. The lowest BCUT2D eigenvalue weighted by atomic mass is 9.46. The molecule has 1 aromatic carbocycles. The molecule has 7 N–H and O–H groups in total. The Hall–Kier alpha value is -1.99. The van der Waals surface area contributed by atoms with Crippen molar-refractivity contribution in [1.82, 2.24) is 0 Å². The van der Waals surface area contributed by atoms with Crippen molar-refractivity contribution in [2.45, 2.75) is 197 Å². The maximum atomic E-state index is 13.5. The van der Waals surface area contributed by atoms with Gasteiger partial charge in [0.25, 0.3) is 0 Å². The number of fused-ring (bicyclic) bond motifs is 10. The molecule has 0 aliphatic heterocycles. The number of hydrogen-bond donors (Lipinski definition) is 4. The SMILES string of the molecule is C[C@]12CCC3C(CCC4=CC(=O)C(C56CC7CC(CC(C7)C5)C6)=C[C@@]43O)C1CC[C@@H]2O.C[C@]12CCC3c4cc(C56CC7CC(CC(C7)C5)C6)c(O)cc4CCC3C1CC[C@@H]2O.[OH3+]. The molecule has 0 spiro atoms. The summed E-state index contributed by atoms with van der Waals surface area (Å²) in [6.45, 7) is 4.67. The summed E-state index contributed by atoms with van der Waals surface area (Å²) in [5.41, 5.74) is 5.92. The van der Waals surface area contributed by atoms with E-state index >= 15 is 0 Å². The van der Waals surface area contributed by atoms with E-state index in [1.54, 1.807) is 5.56 Å².